The molecule has 8 nitrogen and oxygen atoms in total. The van der Waals surface area contributed by atoms with E-state index in [9.17, 15) is 14.8 Å². The normalized spacial score (nSPS) is 16.6. The number of nitrogens with one attached hydrogen (secondary N) is 3. The zero-order valence-corrected chi connectivity index (χ0v) is 20.7. The smallest absolute Gasteiger partial charge is 0.339 e. The maximum Gasteiger partial charge on any atom is 0.339 e. The first-order chi connectivity index (χ1) is 17.5. The summed E-state index contributed by atoms with van der Waals surface area (Å²) in [6.07, 6.45) is 3.35. The highest BCUT2D eigenvalue weighted by Crippen LogP contribution is 2.21. The first-order valence-electron chi connectivity index (χ1n) is 12.6. The highest BCUT2D eigenvalue weighted by Gasteiger charge is 2.21. The molecular formula is C28H35N3O5. The van der Waals surface area contributed by atoms with Crippen molar-refractivity contribution in [2.24, 2.45) is 5.92 Å². The minimum Gasteiger partial charge on any atom is -0.494 e. The molecule has 2 atom stereocenters. The molecule has 1 aromatic heterocycles. The van der Waals surface area contributed by atoms with E-state index in [4.69, 9.17) is 9.15 Å². The summed E-state index contributed by atoms with van der Waals surface area (Å²) < 4.78 is 11.3. The summed E-state index contributed by atoms with van der Waals surface area (Å²) in [6.45, 7) is 5.70. The van der Waals surface area contributed by atoms with Crippen molar-refractivity contribution in [3.63, 3.8) is 0 Å². The van der Waals surface area contributed by atoms with Crippen LogP contribution in [0.3, 0.4) is 0 Å². The van der Waals surface area contributed by atoms with Gasteiger partial charge in [0, 0.05) is 42.5 Å². The molecule has 2 unspecified atom stereocenters. The van der Waals surface area contributed by atoms with E-state index in [0.29, 0.717) is 36.6 Å². The van der Waals surface area contributed by atoms with Crippen molar-refractivity contribution >= 4 is 16.9 Å². The third-order valence-corrected chi connectivity index (χ3v) is 6.70. The second-order valence-electron chi connectivity index (χ2n) is 9.51. The molecule has 0 radical (unpaired) electrons. The molecule has 8 heteroatoms. The molecule has 192 valence electrons. The van der Waals surface area contributed by atoms with E-state index in [1.54, 1.807) is 17.6 Å². The molecule has 1 amide bonds. The van der Waals surface area contributed by atoms with Crippen LogP contribution < -0.4 is 26.5 Å². The van der Waals surface area contributed by atoms with Crippen LogP contribution in [-0.4, -0.2) is 43.4 Å². The van der Waals surface area contributed by atoms with E-state index in [1.807, 2.05) is 43.3 Å². The first-order valence-corrected chi connectivity index (χ1v) is 12.6. The van der Waals surface area contributed by atoms with Crippen LogP contribution in [0.25, 0.3) is 11.0 Å². The first kappa shape index (κ1) is 25.9. The van der Waals surface area contributed by atoms with Gasteiger partial charge in [-0.15, -0.1) is 0 Å². The van der Waals surface area contributed by atoms with Crippen LogP contribution in [0.5, 0.6) is 5.75 Å². The fourth-order valence-electron chi connectivity index (χ4n) is 4.64. The van der Waals surface area contributed by atoms with Gasteiger partial charge in [-0.2, -0.15) is 0 Å². The van der Waals surface area contributed by atoms with Crippen LogP contribution in [0, 0.1) is 12.8 Å². The number of hydrogen-bond donors (Lipinski definition) is 4. The molecule has 2 aromatic carbocycles. The van der Waals surface area contributed by atoms with Gasteiger partial charge in [0.25, 0.3) is 0 Å². The standard InChI is InChI=1S/C28H35N3O5/c1-19-4-11-26-22(15-19)17-23(28(33)36-26)16-21(27(32)31-34)8-5-20-6-9-25(10-7-20)35-14-2-3-24-18-29-12-13-30-24/h4,6-7,9-11,15,17,21,24,29-30,34H,2-3,5,8,12-14,16,18H2,1H3,(H,31,32). The molecule has 2 heterocycles. The summed E-state index contributed by atoms with van der Waals surface area (Å²) in [4.78, 5) is 24.9. The number of benzene rings is 2. The molecule has 3 aromatic rings. The lowest BCUT2D eigenvalue weighted by Gasteiger charge is -2.24. The van der Waals surface area contributed by atoms with E-state index in [-0.39, 0.29) is 6.42 Å². The monoisotopic (exact) mass is 493 g/mol. The van der Waals surface area contributed by atoms with Crippen molar-refractivity contribution in [3.8, 4) is 5.75 Å². The number of hydrogen-bond acceptors (Lipinski definition) is 7. The van der Waals surface area contributed by atoms with Crippen LogP contribution in [0.1, 0.15) is 36.0 Å². The molecule has 4 rings (SSSR count). The number of carbonyl (C=O) groups is 1. The zero-order valence-electron chi connectivity index (χ0n) is 20.7. The maximum atomic E-state index is 12.5. The van der Waals surface area contributed by atoms with Gasteiger partial charge in [-0.1, -0.05) is 23.8 Å². The van der Waals surface area contributed by atoms with E-state index in [0.717, 1.165) is 54.7 Å². The van der Waals surface area contributed by atoms with Gasteiger partial charge >= 0.3 is 5.63 Å². The molecule has 0 saturated carbocycles. The Bertz CT molecular complexity index is 1200. The van der Waals surface area contributed by atoms with Crippen molar-refractivity contribution in [1.82, 2.24) is 16.1 Å². The zero-order chi connectivity index (χ0) is 25.3. The Labute approximate surface area is 211 Å². The second-order valence-corrected chi connectivity index (χ2v) is 9.51. The van der Waals surface area contributed by atoms with Gasteiger partial charge in [-0.3, -0.25) is 10.0 Å². The number of aryl methyl sites for hydroxylation is 2. The summed E-state index contributed by atoms with van der Waals surface area (Å²) in [5, 5.41) is 17.0. The Hall–Kier alpha value is -3.20. The number of ether oxygens (including phenoxy) is 1. The van der Waals surface area contributed by atoms with Crippen LogP contribution in [-0.2, 0) is 17.6 Å². The second kappa shape index (κ2) is 12.7. The van der Waals surface area contributed by atoms with Crippen molar-refractivity contribution in [1.29, 1.82) is 0 Å². The van der Waals surface area contributed by atoms with Gasteiger partial charge in [0.1, 0.15) is 11.3 Å². The van der Waals surface area contributed by atoms with E-state index < -0.39 is 17.5 Å². The minimum absolute atomic E-state index is 0.186. The number of rotatable bonds is 11. The van der Waals surface area contributed by atoms with Crippen LogP contribution in [0.4, 0.5) is 0 Å². The lowest BCUT2D eigenvalue weighted by atomic mass is 9.92. The van der Waals surface area contributed by atoms with Crippen molar-refractivity contribution in [2.75, 3.05) is 26.2 Å². The SMILES string of the molecule is Cc1ccc2oc(=O)c(CC(CCc3ccc(OCCCC4CNCCN4)cc3)C(=O)NO)cc2c1. The molecule has 1 saturated heterocycles. The summed E-state index contributed by atoms with van der Waals surface area (Å²) in [5.74, 6) is -0.262. The van der Waals surface area contributed by atoms with Gasteiger partial charge < -0.3 is 19.8 Å². The molecule has 1 aliphatic rings. The van der Waals surface area contributed by atoms with E-state index in [2.05, 4.69) is 10.6 Å². The number of carbonyl (C=O) groups excluding carboxylic acids is 1. The number of amides is 1. The highest BCUT2D eigenvalue weighted by atomic mass is 16.5. The van der Waals surface area contributed by atoms with E-state index in [1.165, 1.54) is 0 Å². The lowest BCUT2D eigenvalue weighted by molar-refractivity contribution is -0.133. The number of hydroxylamine groups is 1. The number of piperazine rings is 1. The molecule has 36 heavy (non-hydrogen) atoms. The van der Waals surface area contributed by atoms with Gasteiger partial charge in [-0.25, -0.2) is 10.3 Å². The molecule has 1 aliphatic heterocycles. The van der Waals surface area contributed by atoms with Crippen LogP contribution in [0.15, 0.2) is 57.7 Å². The van der Waals surface area contributed by atoms with E-state index >= 15 is 0 Å². The fraction of sp³-hybridized carbons (Fsp3) is 0.429. The quantitative estimate of drug-likeness (QED) is 0.141. The van der Waals surface area contributed by atoms with Gasteiger partial charge in [0.05, 0.1) is 6.61 Å². The summed E-state index contributed by atoms with van der Waals surface area (Å²) in [7, 11) is 0. The average Bonchev–Trinajstić information content (AvgIpc) is 2.90. The summed E-state index contributed by atoms with van der Waals surface area (Å²) in [5.41, 5.74) is 4.33. The molecule has 0 bridgehead atoms. The number of fused-ring (bicyclic) bond motifs is 1. The third kappa shape index (κ3) is 7.16. The average molecular weight is 494 g/mol. The molecule has 4 N–H and O–H groups in total. The Morgan fingerprint density at radius 3 is 2.78 bits per heavy atom. The van der Waals surface area contributed by atoms with Crippen LogP contribution >= 0.6 is 0 Å². The highest BCUT2D eigenvalue weighted by molar-refractivity contribution is 5.79. The largest absolute Gasteiger partial charge is 0.494 e. The van der Waals surface area contributed by atoms with Gasteiger partial charge in [0.15, 0.2) is 0 Å². The molecule has 1 fully saturated rings. The summed E-state index contributed by atoms with van der Waals surface area (Å²) in [6, 6.07) is 15.7. The Morgan fingerprint density at radius 1 is 1.19 bits per heavy atom. The maximum absolute atomic E-state index is 12.5. The fourth-order valence-corrected chi connectivity index (χ4v) is 4.64. The molecular weight excluding hydrogens is 458 g/mol. The van der Waals surface area contributed by atoms with Gasteiger partial charge in [-0.05, 0) is 74.9 Å². The third-order valence-electron chi connectivity index (χ3n) is 6.70. The van der Waals surface area contributed by atoms with Crippen molar-refractivity contribution in [2.45, 2.75) is 45.1 Å². The molecule has 0 spiro atoms. The Morgan fingerprint density at radius 2 is 2.03 bits per heavy atom. The topological polar surface area (TPSA) is 113 Å². The Kier molecular flexibility index (Phi) is 9.11. The Balaban J connectivity index is 1.31. The van der Waals surface area contributed by atoms with Gasteiger partial charge in [0.2, 0.25) is 5.91 Å². The minimum atomic E-state index is -0.570. The predicted octanol–water partition coefficient (Wildman–Crippen LogP) is 3.12. The lowest BCUT2D eigenvalue weighted by Crippen LogP contribution is -2.48. The van der Waals surface area contributed by atoms with Crippen molar-refractivity contribution < 1.29 is 19.2 Å². The van der Waals surface area contributed by atoms with Crippen LogP contribution in [0.2, 0.25) is 0 Å². The van der Waals surface area contributed by atoms with Crippen molar-refractivity contribution in [3.05, 3.63) is 75.6 Å². The molecule has 0 aliphatic carbocycles. The predicted molar refractivity (Wildman–Crippen MR) is 138 cm³/mol. The summed E-state index contributed by atoms with van der Waals surface area (Å²) >= 11 is 0.